The fourth-order valence-electron chi connectivity index (χ4n) is 1.71. The van der Waals surface area contributed by atoms with Crippen molar-refractivity contribution < 1.29 is 0 Å². The zero-order valence-electron chi connectivity index (χ0n) is 10.1. The van der Waals surface area contributed by atoms with Crippen LogP contribution in [-0.4, -0.2) is 6.98 Å². The lowest BCUT2D eigenvalue weighted by Crippen LogP contribution is -2.33. The van der Waals surface area contributed by atoms with E-state index in [1.165, 1.54) is 0 Å². The summed E-state index contributed by atoms with van der Waals surface area (Å²) in [6.07, 6.45) is 1.02. The van der Waals surface area contributed by atoms with E-state index in [4.69, 9.17) is 0 Å². The SMILES string of the molecule is CCB(Nc1ccccc1)Nc1ccccc1. The van der Waals surface area contributed by atoms with Gasteiger partial charge in [-0.05, 0) is 30.6 Å². The Bertz CT molecular complexity index is 389. The van der Waals surface area contributed by atoms with Gasteiger partial charge in [0.05, 0.1) is 0 Å². The average molecular weight is 224 g/mol. The Morgan fingerprint density at radius 3 is 1.53 bits per heavy atom. The van der Waals surface area contributed by atoms with Gasteiger partial charge in [-0.15, -0.1) is 0 Å². The first-order chi connectivity index (χ1) is 8.38. The maximum atomic E-state index is 3.47. The van der Waals surface area contributed by atoms with Gasteiger partial charge in [0.2, 0.25) is 0 Å². The van der Waals surface area contributed by atoms with Crippen LogP contribution in [0.5, 0.6) is 0 Å². The summed E-state index contributed by atoms with van der Waals surface area (Å²) >= 11 is 0. The molecule has 0 aliphatic rings. The lowest BCUT2D eigenvalue weighted by molar-refractivity contribution is 1.39. The molecule has 0 heterocycles. The molecule has 2 nitrogen and oxygen atoms in total. The van der Waals surface area contributed by atoms with Crippen molar-refractivity contribution in [3.8, 4) is 0 Å². The number of nitrogens with one attached hydrogen (secondary N) is 2. The van der Waals surface area contributed by atoms with Gasteiger partial charge in [-0.1, -0.05) is 43.3 Å². The molecule has 0 radical (unpaired) electrons. The maximum Gasteiger partial charge on any atom is 0.369 e. The molecule has 0 amide bonds. The fraction of sp³-hybridized carbons (Fsp3) is 0.143. The van der Waals surface area contributed by atoms with Crippen LogP contribution in [0.4, 0.5) is 11.4 Å². The molecule has 2 aromatic carbocycles. The predicted molar refractivity (Wildman–Crippen MR) is 76.4 cm³/mol. The summed E-state index contributed by atoms with van der Waals surface area (Å²) in [4.78, 5) is 0. The monoisotopic (exact) mass is 224 g/mol. The number of para-hydroxylation sites is 2. The van der Waals surface area contributed by atoms with Gasteiger partial charge in [-0.3, -0.25) is 0 Å². The Morgan fingerprint density at radius 1 is 0.765 bits per heavy atom. The van der Waals surface area contributed by atoms with Gasteiger partial charge >= 0.3 is 6.98 Å². The number of hydrogen-bond donors (Lipinski definition) is 2. The zero-order valence-corrected chi connectivity index (χ0v) is 10.1. The minimum absolute atomic E-state index is 0.250. The van der Waals surface area contributed by atoms with Crippen LogP contribution in [0.1, 0.15) is 6.92 Å². The molecule has 0 atom stereocenters. The summed E-state index contributed by atoms with van der Waals surface area (Å²) in [5.41, 5.74) is 2.28. The number of hydrogen-bond acceptors (Lipinski definition) is 2. The van der Waals surface area contributed by atoms with Crippen molar-refractivity contribution in [2.45, 2.75) is 13.2 Å². The van der Waals surface area contributed by atoms with Crippen LogP contribution in [0.3, 0.4) is 0 Å². The summed E-state index contributed by atoms with van der Waals surface area (Å²) in [5.74, 6) is 0. The second kappa shape index (κ2) is 5.99. The molecule has 0 fully saturated rings. The first kappa shape index (κ1) is 11.6. The van der Waals surface area contributed by atoms with Gasteiger partial charge in [0.25, 0.3) is 0 Å². The highest BCUT2D eigenvalue weighted by Crippen LogP contribution is 2.11. The number of benzene rings is 2. The maximum absolute atomic E-state index is 3.47. The van der Waals surface area contributed by atoms with E-state index < -0.39 is 0 Å². The molecule has 0 saturated heterocycles. The standard InChI is InChI=1S/C14H17BN2/c1-2-15(16-13-9-5-3-6-10-13)17-14-11-7-4-8-12-14/h3-12,16-17H,2H2,1H3. The van der Waals surface area contributed by atoms with E-state index in [0.717, 1.165) is 17.7 Å². The third-order valence-electron chi connectivity index (χ3n) is 2.64. The minimum Gasteiger partial charge on any atom is -0.409 e. The molecule has 2 N–H and O–H groups in total. The van der Waals surface area contributed by atoms with Crippen molar-refractivity contribution in [1.82, 2.24) is 0 Å². The van der Waals surface area contributed by atoms with E-state index in [-0.39, 0.29) is 6.98 Å². The van der Waals surface area contributed by atoms with Crippen LogP contribution in [-0.2, 0) is 0 Å². The molecule has 0 aromatic heterocycles. The fourth-order valence-corrected chi connectivity index (χ4v) is 1.71. The van der Waals surface area contributed by atoms with Gasteiger partial charge in [-0.2, -0.15) is 0 Å². The third kappa shape index (κ3) is 3.56. The van der Waals surface area contributed by atoms with Gasteiger partial charge in [0, 0.05) is 11.4 Å². The minimum atomic E-state index is 0.250. The molecule has 2 rings (SSSR count). The lowest BCUT2D eigenvalue weighted by atomic mass is 9.72. The molecule has 2 aromatic rings. The normalized spacial score (nSPS) is 9.71. The molecule has 0 saturated carbocycles. The van der Waals surface area contributed by atoms with Crippen molar-refractivity contribution >= 4 is 18.4 Å². The van der Waals surface area contributed by atoms with Gasteiger partial charge < -0.3 is 10.5 Å². The van der Waals surface area contributed by atoms with Gasteiger partial charge in [0.1, 0.15) is 0 Å². The van der Waals surface area contributed by atoms with Crippen LogP contribution >= 0.6 is 0 Å². The Hall–Kier alpha value is -1.90. The van der Waals surface area contributed by atoms with Crippen LogP contribution in [0.2, 0.25) is 6.32 Å². The van der Waals surface area contributed by atoms with Gasteiger partial charge in [0.15, 0.2) is 0 Å². The van der Waals surface area contributed by atoms with E-state index >= 15 is 0 Å². The van der Waals surface area contributed by atoms with E-state index in [0.29, 0.717) is 0 Å². The summed E-state index contributed by atoms with van der Waals surface area (Å²) in [5, 5.41) is 6.93. The first-order valence-electron chi connectivity index (χ1n) is 6.01. The molecule has 0 aliphatic carbocycles. The molecular weight excluding hydrogens is 207 g/mol. The molecule has 0 bridgehead atoms. The van der Waals surface area contributed by atoms with Crippen molar-refractivity contribution in [2.24, 2.45) is 0 Å². The van der Waals surface area contributed by atoms with E-state index in [1.807, 2.05) is 36.4 Å². The average Bonchev–Trinajstić information content (AvgIpc) is 2.40. The topological polar surface area (TPSA) is 24.1 Å². The van der Waals surface area contributed by atoms with Crippen LogP contribution in [0, 0.1) is 0 Å². The van der Waals surface area contributed by atoms with Crippen molar-refractivity contribution in [3.63, 3.8) is 0 Å². The summed E-state index contributed by atoms with van der Waals surface area (Å²) in [6, 6.07) is 20.5. The van der Waals surface area contributed by atoms with E-state index in [1.54, 1.807) is 0 Å². The van der Waals surface area contributed by atoms with Crippen molar-refractivity contribution in [3.05, 3.63) is 60.7 Å². The van der Waals surface area contributed by atoms with Crippen molar-refractivity contribution in [2.75, 3.05) is 10.5 Å². The lowest BCUT2D eigenvalue weighted by Gasteiger charge is -2.16. The quantitative estimate of drug-likeness (QED) is 0.756. The van der Waals surface area contributed by atoms with E-state index in [9.17, 15) is 0 Å². The Labute approximate surface area is 103 Å². The number of anilines is 2. The molecular formula is C14H17BN2. The predicted octanol–water partition coefficient (Wildman–Crippen LogP) is 3.72. The molecule has 17 heavy (non-hydrogen) atoms. The first-order valence-corrected chi connectivity index (χ1v) is 6.01. The molecule has 86 valence electrons. The van der Waals surface area contributed by atoms with Crippen LogP contribution in [0.25, 0.3) is 0 Å². The summed E-state index contributed by atoms with van der Waals surface area (Å²) in [7, 11) is 0. The highest BCUT2D eigenvalue weighted by molar-refractivity contribution is 6.65. The second-order valence-corrected chi connectivity index (χ2v) is 3.98. The molecule has 0 spiro atoms. The summed E-state index contributed by atoms with van der Waals surface area (Å²) < 4.78 is 0. The highest BCUT2D eigenvalue weighted by Gasteiger charge is 2.11. The third-order valence-corrected chi connectivity index (χ3v) is 2.64. The molecule has 0 aliphatic heterocycles. The van der Waals surface area contributed by atoms with Crippen LogP contribution in [0.15, 0.2) is 60.7 Å². The number of rotatable bonds is 5. The largest absolute Gasteiger partial charge is 0.409 e. The zero-order chi connectivity index (χ0) is 11.9. The molecule has 3 heteroatoms. The smallest absolute Gasteiger partial charge is 0.369 e. The van der Waals surface area contributed by atoms with Crippen molar-refractivity contribution in [1.29, 1.82) is 0 Å². The summed E-state index contributed by atoms with van der Waals surface area (Å²) in [6.45, 7) is 2.41. The van der Waals surface area contributed by atoms with E-state index in [2.05, 4.69) is 41.6 Å². The highest BCUT2D eigenvalue weighted by atomic mass is 15.0. The Morgan fingerprint density at radius 2 is 1.18 bits per heavy atom. The van der Waals surface area contributed by atoms with Gasteiger partial charge in [-0.25, -0.2) is 0 Å². The second-order valence-electron chi connectivity index (χ2n) is 3.98. The molecule has 0 unspecified atom stereocenters. The Balaban J connectivity index is 1.98. The van der Waals surface area contributed by atoms with Crippen LogP contribution < -0.4 is 10.5 Å². The Kier molecular flexibility index (Phi) is 4.08.